The third-order valence-corrected chi connectivity index (χ3v) is 15.1. The number of unbranched alkanes of at least 4 members (excludes halogenated alkanes) is 10. The lowest BCUT2D eigenvalue weighted by Gasteiger charge is -2.33. The Morgan fingerprint density at radius 3 is 1.03 bits per heavy atom. The first-order valence-corrected chi connectivity index (χ1v) is 26.2. The smallest absolute Gasteiger partial charge is 0.0991 e. The Balaban J connectivity index is 1.02. The molecule has 0 amide bonds. The van der Waals surface area contributed by atoms with Gasteiger partial charge in [-0.05, 0) is 152 Å². The second-order valence-corrected chi connectivity index (χ2v) is 20.0. The van der Waals surface area contributed by atoms with Gasteiger partial charge in [-0.1, -0.05) is 242 Å². The van der Waals surface area contributed by atoms with E-state index in [0.29, 0.717) is 5.56 Å². The summed E-state index contributed by atoms with van der Waals surface area (Å²) < 4.78 is 0. The number of rotatable bonds is 20. The molecular weight excluding hydrogens is 831 g/mol. The van der Waals surface area contributed by atoms with Crippen molar-refractivity contribution in [1.82, 2.24) is 0 Å². The summed E-state index contributed by atoms with van der Waals surface area (Å²) in [6.07, 6.45) is 18.1. The van der Waals surface area contributed by atoms with Crippen LogP contribution in [0.2, 0.25) is 0 Å². The van der Waals surface area contributed by atoms with Crippen LogP contribution in [0.25, 0.3) is 77.9 Å². The predicted molar refractivity (Wildman–Crippen MR) is 295 cm³/mol. The summed E-state index contributed by atoms with van der Waals surface area (Å²) in [5.41, 5.74) is 24.0. The van der Waals surface area contributed by atoms with Crippen LogP contribution >= 0.6 is 0 Å². The van der Waals surface area contributed by atoms with Crippen molar-refractivity contribution in [3.05, 3.63) is 204 Å². The Hall–Kier alpha value is -6.75. The van der Waals surface area contributed by atoms with Crippen LogP contribution in [-0.2, 0) is 5.41 Å². The van der Waals surface area contributed by atoms with Crippen molar-refractivity contribution in [2.24, 2.45) is 0 Å². The minimum atomic E-state index is -0.0181. The van der Waals surface area contributed by atoms with Crippen molar-refractivity contribution in [3.63, 3.8) is 0 Å². The minimum Gasteiger partial charge on any atom is -0.192 e. The largest absolute Gasteiger partial charge is 0.192 e. The molecule has 0 heterocycles. The molecule has 1 aliphatic rings. The summed E-state index contributed by atoms with van der Waals surface area (Å²) in [7, 11) is 0. The molecule has 1 heteroatoms. The first-order valence-electron chi connectivity index (χ1n) is 26.2. The number of benzene rings is 8. The predicted octanol–water partition coefficient (Wildman–Crippen LogP) is 19.9. The number of hydrogen-bond acceptors (Lipinski definition) is 1. The van der Waals surface area contributed by atoms with Gasteiger partial charge >= 0.3 is 0 Å². The molecule has 0 aromatic heterocycles. The maximum absolute atomic E-state index is 9.29. The SMILES string of the molecule is CCCCCCCCC1(CCCCCCCC)c2cc(-c3ccc(-c4ccc(C)cc4)cc3)ccc2-c2ccc(-c3ccc(-c4ccc(-c5cc(C)cc(-c6ccc(C#N)cc6)c5)cc4)cc3)cc21. The second kappa shape index (κ2) is 22.1. The lowest BCUT2D eigenvalue weighted by molar-refractivity contribution is 0.398. The van der Waals surface area contributed by atoms with E-state index >= 15 is 0 Å². The van der Waals surface area contributed by atoms with Gasteiger partial charge in [0.1, 0.15) is 0 Å². The summed E-state index contributed by atoms with van der Waals surface area (Å²) in [5, 5.41) is 9.29. The van der Waals surface area contributed by atoms with Crippen LogP contribution in [0.3, 0.4) is 0 Å². The second-order valence-electron chi connectivity index (χ2n) is 20.0. The summed E-state index contributed by atoms with van der Waals surface area (Å²) in [6, 6.07) is 68.1. The highest BCUT2D eigenvalue weighted by atomic mass is 14.5. The molecule has 0 unspecified atom stereocenters. The number of nitriles is 1. The van der Waals surface area contributed by atoms with E-state index in [2.05, 4.69) is 185 Å². The number of nitrogens with zero attached hydrogens (tertiary/aromatic N) is 1. The Labute approximate surface area is 414 Å². The lowest BCUT2D eigenvalue weighted by atomic mass is 9.70. The Morgan fingerprint density at radius 2 is 0.638 bits per heavy atom. The van der Waals surface area contributed by atoms with Gasteiger partial charge in [0, 0.05) is 5.41 Å². The first-order chi connectivity index (χ1) is 33.8. The highest BCUT2D eigenvalue weighted by Crippen LogP contribution is 2.56. The highest BCUT2D eigenvalue weighted by molar-refractivity contribution is 5.87. The standard InChI is InChI=1S/C68H69N/c1-5-7-9-11-13-15-41-68(42-16-14-12-10-8-6-2)66-46-60(56-31-25-53(26-32-56)52-21-17-49(3)18-22-52)37-39-64(66)65-40-38-61(47-67(65)68)57-33-27-54(28-34-57)55-29-35-59(36-30-55)63-44-50(4)43-62(45-63)58-23-19-51(48-69)20-24-58/h17-40,43-47H,5-16,41-42H2,1-4H3. The molecule has 0 aliphatic heterocycles. The average Bonchev–Trinajstić information content (AvgIpc) is 3.66. The minimum absolute atomic E-state index is 0.0181. The van der Waals surface area contributed by atoms with E-state index in [1.807, 2.05) is 24.3 Å². The third kappa shape index (κ3) is 10.8. The monoisotopic (exact) mass is 900 g/mol. The van der Waals surface area contributed by atoms with E-state index in [1.165, 1.54) is 168 Å². The zero-order valence-corrected chi connectivity index (χ0v) is 41.6. The van der Waals surface area contributed by atoms with Crippen molar-refractivity contribution < 1.29 is 0 Å². The van der Waals surface area contributed by atoms with Crippen LogP contribution in [-0.4, -0.2) is 0 Å². The van der Waals surface area contributed by atoms with Gasteiger partial charge in [-0.3, -0.25) is 0 Å². The molecule has 1 aliphatic carbocycles. The molecule has 346 valence electrons. The van der Waals surface area contributed by atoms with Crippen molar-refractivity contribution in [3.8, 4) is 84.0 Å². The van der Waals surface area contributed by atoms with Crippen LogP contribution in [0.4, 0.5) is 0 Å². The highest BCUT2D eigenvalue weighted by Gasteiger charge is 2.42. The zero-order valence-electron chi connectivity index (χ0n) is 41.6. The fourth-order valence-electron chi connectivity index (χ4n) is 11.1. The van der Waals surface area contributed by atoms with Crippen LogP contribution in [0.15, 0.2) is 176 Å². The van der Waals surface area contributed by atoms with Gasteiger partial charge in [0.05, 0.1) is 11.6 Å². The maximum atomic E-state index is 9.29. The van der Waals surface area contributed by atoms with Crippen LogP contribution < -0.4 is 0 Å². The van der Waals surface area contributed by atoms with E-state index < -0.39 is 0 Å². The van der Waals surface area contributed by atoms with Crippen molar-refractivity contribution in [2.45, 2.75) is 123 Å². The molecule has 0 saturated carbocycles. The van der Waals surface area contributed by atoms with Crippen molar-refractivity contribution in [2.75, 3.05) is 0 Å². The van der Waals surface area contributed by atoms with E-state index in [1.54, 1.807) is 11.1 Å². The fraction of sp³-hybridized carbons (Fsp3) is 0.279. The summed E-state index contributed by atoms with van der Waals surface area (Å²) in [5.74, 6) is 0. The van der Waals surface area contributed by atoms with Gasteiger partial charge in [0.15, 0.2) is 0 Å². The summed E-state index contributed by atoms with van der Waals surface area (Å²) >= 11 is 0. The average molecular weight is 900 g/mol. The Kier molecular flexibility index (Phi) is 15.2. The van der Waals surface area contributed by atoms with E-state index in [-0.39, 0.29) is 5.41 Å². The van der Waals surface area contributed by atoms with E-state index in [4.69, 9.17) is 0 Å². The molecule has 8 aromatic carbocycles. The number of hydrogen-bond donors (Lipinski definition) is 0. The van der Waals surface area contributed by atoms with Crippen LogP contribution in [0, 0.1) is 25.2 Å². The summed E-state index contributed by atoms with van der Waals surface area (Å²) in [4.78, 5) is 0. The van der Waals surface area contributed by atoms with Gasteiger partial charge in [0.2, 0.25) is 0 Å². The topological polar surface area (TPSA) is 23.8 Å². The normalized spacial score (nSPS) is 12.4. The molecule has 8 aromatic rings. The lowest BCUT2D eigenvalue weighted by Crippen LogP contribution is -2.25. The van der Waals surface area contributed by atoms with Gasteiger partial charge in [-0.15, -0.1) is 0 Å². The molecule has 0 bridgehead atoms. The maximum Gasteiger partial charge on any atom is 0.0991 e. The van der Waals surface area contributed by atoms with Crippen LogP contribution in [0.1, 0.15) is 132 Å². The Bertz CT molecular complexity index is 2980. The zero-order chi connectivity index (χ0) is 47.6. The van der Waals surface area contributed by atoms with E-state index in [0.717, 1.165) is 11.1 Å². The fourth-order valence-corrected chi connectivity index (χ4v) is 11.1. The molecule has 0 spiro atoms. The first kappa shape index (κ1) is 47.3. The molecule has 0 radical (unpaired) electrons. The molecule has 0 atom stereocenters. The van der Waals surface area contributed by atoms with Gasteiger partial charge in [-0.2, -0.15) is 5.26 Å². The number of aryl methyl sites for hydroxylation is 2. The third-order valence-electron chi connectivity index (χ3n) is 15.1. The molecule has 0 saturated heterocycles. The number of fused-ring (bicyclic) bond motifs is 3. The molecule has 0 fully saturated rings. The van der Waals surface area contributed by atoms with Crippen molar-refractivity contribution in [1.29, 1.82) is 5.26 Å². The molecule has 69 heavy (non-hydrogen) atoms. The molecule has 1 nitrogen and oxygen atoms in total. The quantitative estimate of drug-likeness (QED) is 0.0699. The van der Waals surface area contributed by atoms with Crippen LogP contribution in [0.5, 0.6) is 0 Å². The van der Waals surface area contributed by atoms with Gasteiger partial charge in [-0.25, -0.2) is 0 Å². The Morgan fingerprint density at radius 1 is 0.319 bits per heavy atom. The van der Waals surface area contributed by atoms with E-state index in [9.17, 15) is 5.26 Å². The van der Waals surface area contributed by atoms with Gasteiger partial charge in [0.25, 0.3) is 0 Å². The van der Waals surface area contributed by atoms with Crippen molar-refractivity contribution >= 4 is 0 Å². The molecule has 0 N–H and O–H groups in total. The molecule has 9 rings (SSSR count). The summed E-state index contributed by atoms with van der Waals surface area (Å²) in [6.45, 7) is 8.95. The molecular formula is C68H69N. The van der Waals surface area contributed by atoms with Gasteiger partial charge < -0.3 is 0 Å².